The molecule has 0 aliphatic rings. The van der Waals surface area contributed by atoms with Gasteiger partial charge >= 0.3 is 0 Å². The van der Waals surface area contributed by atoms with E-state index in [1.807, 2.05) is 0 Å². The van der Waals surface area contributed by atoms with Gasteiger partial charge in [0, 0.05) is 0 Å². The summed E-state index contributed by atoms with van der Waals surface area (Å²) < 4.78 is 0. The highest BCUT2D eigenvalue weighted by Crippen LogP contribution is 2.04. The molecule has 0 aromatic rings. The van der Waals surface area contributed by atoms with Crippen LogP contribution in [0.15, 0.2) is 0 Å². The number of hydrogen-bond acceptors (Lipinski definition) is 6. The molecule has 1 amide bonds. The second kappa shape index (κ2) is 5.10. The average Bonchev–Trinajstić information content (AvgIpc) is 2.12. The van der Waals surface area contributed by atoms with Crippen molar-refractivity contribution in [3.63, 3.8) is 0 Å². The summed E-state index contributed by atoms with van der Waals surface area (Å²) in [6.45, 7) is -0.802. The number of carbonyl (C=O) groups excluding carboxylic acids is 1. The van der Waals surface area contributed by atoms with Gasteiger partial charge in [-0.15, -0.1) is 0 Å². The molecule has 0 radical (unpaired) electrons. The predicted molar refractivity (Wildman–Crippen MR) is 40.3 cm³/mol. The van der Waals surface area contributed by atoms with E-state index in [-0.39, 0.29) is 0 Å². The Morgan fingerprint density at radius 3 is 1.92 bits per heavy atom. The van der Waals surface area contributed by atoms with Gasteiger partial charge in [-0.3, -0.25) is 4.79 Å². The number of amides is 1. The van der Waals surface area contributed by atoms with Gasteiger partial charge in [-0.25, -0.2) is 0 Å². The Labute approximate surface area is 74.0 Å². The normalized spacial score (nSPS) is 20.4. The van der Waals surface area contributed by atoms with E-state index in [2.05, 4.69) is 5.73 Å². The quantitative estimate of drug-likeness (QED) is 0.263. The fourth-order valence-electron chi connectivity index (χ4n) is 0.691. The van der Waals surface area contributed by atoms with Crippen LogP contribution >= 0.6 is 0 Å². The first kappa shape index (κ1) is 12.3. The Morgan fingerprint density at radius 1 is 1.15 bits per heavy atom. The summed E-state index contributed by atoms with van der Waals surface area (Å²) in [4.78, 5) is 10.3. The third kappa shape index (κ3) is 3.25. The Morgan fingerprint density at radius 2 is 1.62 bits per heavy atom. The average molecular weight is 195 g/mol. The number of aliphatic hydroxyl groups excluding tert-OH is 5. The van der Waals surface area contributed by atoms with Crippen molar-refractivity contribution in [3.05, 3.63) is 0 Å². The van der Waals surface area contributed by atoms with E-state index in [9.17, 15) is 4.79 Å². The minimum Gasteiger partial charge on any atom is -0.394 e. The molecule has 0 spiro atoms. The zero-order valence-corrected chi connectivity index (χ0v) is 6.74. The van der Waals surface area contributed by atoms with Crippen LogP contribution in [0.4, 0.5) is 0 Å². The summed E-state index contributed by atoms with van der Waals surface area (Å²) in [7, 11) is 0. The lowest BCUT2D eigenvalue weighted by Crippen LogP contribution is -2.50. The van der Waals surface area contributed by atoms with Crippen molar-refractivity contribution in [1.82, 2.24) is 0 Å². The first-order valence-electron chi connectivity index (χ1n) is 3.54. The first-order chi connectivity index (χ1) is 5.91. The van der Waals surface area contributed by atoms with E-state index >= 15 is 0 Å². The minimum absolute atomic E-state index is 0.802. The highest BCUT2D eigenvalue weighted by Gasteiger charge is 2.32. The van der Waals surface area contributed by atoms with Crippen molar-refractivity contribution in [3.8, 4) is 0 Å². The molecule has 0 aromatic carbocycles. The standard InChI is InChI=1S/C6H13NO6/c7-6(13)5(12)4(11)3(10)2(9)1-8/h2-5,8-12H,1H2,(H2,7,13)/t2-,3-,4+,5-/m0/s1. The highest BCUT2D eigenvalue weighted by atomic mass is 16.4. The monoisotopic (exact) mass is 195 g/mol. The van der Waals surface area contributed by atoms with Gasteiger partial charge in [0.15, 0.2) is 6.10 Å². The molecular formula is C6H13NO6. The molecule has 0 heterocycles. The molecule has 0 aliphatic carbocycles. The molecule has 0 rings (SSSR count). The van der Waals surface area contributed by atoms with Crippen LogP contribution in [0.3, 0.4) is 0 Å². The van der Waals surface area contributed by atoms with E-state index in [0.717, 1.165) is 0 Å². The van der Waals surface area contributed by atoms with Crippen molar-refractivity contribution in [2.45, 2.75) is 24.4 Å². The summed E-state index contributed by atoms with van der Waals surface area (Å²) in [5.74, 6) is -1.23. The van der Waals surface area contributed by atoms with E-state index in [1.54, 1.807) is 0 Å². The van der Waals surface area contributed by atoms with E-state index in [0.29, 0.717) is 0 Å². The first-order valence-corrected chi connectivity index (χ1v) is 3.54. The molecule has 0 unspecified atom stereocenters. The Bertz CT molecular complexity index is 175. The largest absolute Gasteiger partial charge is 0.394 e. The van der Waals surface area contributed by atoms with Gasteiger partial charge in [0.2, 0.25) is 5.91 Å². The number of hydrogen-bond donors (Lipinski definition) is 6. The summed E-state index contributed by atoms with van der Waals surface area (Å²) in [5.41, 5.74) is 4.61. The van der Waals surface area contributed by atoms with Crippen LogP contribution in [0.2, 0.25) is 0 Å². The summed E-state index contributed by atoms with van der Waals surface area (Å²) in [6, 6.07) is 0. The number of primary amides is 1. The Balaban J connectivity index is 4.24. The van der Waals surface area contributed by atoms with Crippen LogP contribution in [-0.2, 0) is 4.79 Å². The van der Waals surface area contributed by atoms with Gasteiger partial charge in [0.25, 0.3) is 0 Å². The third-order valence-corrected chi connectivity index (χ3v) is 1.55. The molecule has 0 aliphatic heterocycles. The van der Waals surface area contributed by atoms with Crippen LogP contribution in [0.5, 0.6) is 0 Å². The minimum atomic E-state index is -1.98. The number of aliphatic hydroxyl groups is 5. The molecule has 0 saturated heterocycles. The number of carbonyl (C=O) groups is 1. The Kier molecular flexibility index (Phi) is 4.81. The maximum absolute atomic E-state index is 10.3. The zero-order chi connectivity index (χ0) is 10.6. The third-order valence-electron chi connectivity index (χ3n) is 1.55. The highest BCUT2D eigenvalue weighted by molar-refractivity contribution is 5.79. The lowest BCUT2D eigenvalue weighted by Gasteiger charge is -2.23. The lowest BCUT2D eigenvalue weighted by molar-refractivity contribution is -0.146. The topological polar surface area (TPSA) is 144 Å². The van der Waals surface area contributed by atoms with Crippen LogP contribution in [0.1, 0.15) is 0 Å². The van der Waals surface area contributed by atoms with Gasteiger partial charge in [0.1, 0.15) is 18.3 Å². The lowest BCUT2D eigenvalue weighted by atomic mass is 10.0. The maximum Gasteiger partial charge on any atom is 0.249 e. The summed E-state index contributed by atoms with van der Waals surface area (Å²) in [5, 5.41) is 44.0. The molecule has 0 bridgehead atoms. The molecule has 0 saturated carbocycles. The number of nitrogens with two attached hydrogens (primary N) is 1. The SMILES string of the molecule is NC(=O)[C@@H](O)[C@H](O)[C@@H](O)[C@@H](O)CO. The van der Waals surface area contributed by atoms with Crippen molar-refractivity contribution in [2.24, 2.45) is 5.73 Å². The Hall–Kier alpha value is -0.730. The number of rotatable bonds is 5. The maximum atomic E-state index is 10.3. The summed E-state index contributed by atoms with van der Waals surface area (Å²) in [6.07, 6.45) is -7.35. The van der Waals surface area contributed by atoms with E-state index in [1.165, 1.54) is 0 Å². The molecule has 7 N–H and O–H groups in total. The molecule has 4 atom stereocenters. The second-order valence-corrected chi connectivity index (χ2v) is 2.58. The van der Waals surface area contributed by atoms with E-state index < -0.39 is 36.9 Å². The van der Waals surface area contributed by atoms with Crippen LogP contribution < -0.4 is 5.73 Å². The van der Waals surface area contributed by atoms with Crippen LogP contribution in [0, 0.1) is 0 Å². The van der Waals surface area contributed by atoms with Gasteiger partial charge < -0.3 is 31.3 Å². The van der Waals surface area contributed by atoms with Gasteiger partial charge in [0.05, 0.1) is 6.61 Å². The van der Waals surface area contributed by atoms with Crippen molar-refractivity contribution < 1.29 is 30.3 Å². The smallest absolute Gasteiger partial charge is 0.249 e. The van der Waals surface area contributed by atoms with Gasteiger partial charge in [-0.05, 0) is 0 Å². The fraction of sp³-hybridized carbons (Fsp3) is 0.833. The van der Waals surface area contributed by atoms with Crippen LogP contribution in [0.25, 0.3) is 0 Å². The predicted octanol–water partition coefficient (Wildman–Crippen LogP) is -4.09. The second-order valence-electron chi connectivity index (χ2n) is 2.58. The van der Waals surface area contributed by atoms with Crippen LogP contribution in [-0.4, -0.2) is 62.5 Å². The molecule has 78 valence electrons. The molecule has 0 fully saturated rings. The van der Waals surface area contributed by atoms with Gasteiger partial charge in [-0.1, -0.05) is 0 Å². The fourth-order valence-corrected chi connectivity index (χ4v) is 0.691. The van der Waals surface area contributed by atoms with Gasteiger partial charge in [-0.2, -0.15) is 0 Å². The zero-order valence-electron chi connectivity index (χ0n) is 6.74. The van der Waals surface area contributed by atoms with Crippen molar-refractivity contribution in [1.29, 1.82) is 0 Å². The van der Waals surface area contributed by atoms with Crippen molar-refractivity contribution >= 4 is 5.91 Å². The summed E-state index contributed by atoms with van der Waals surface area (Å²) >= 11 is 0. The molecule has 0 aromatic heterocycles. The molecule has 7 nitrogen and oxygen atoms in total. The molecule has 13 heavy (non-hydrogen) atoms. The van der Waals surface area contributed by atoms with E-state index in [4.69, 9.17) is 25.5 Å². The molecule has 7 heteroatoms. The van der Waals surface area contributed by atoms with Crippen molar-refractivity contribution in [2.75, 3.05) is 6.61 Å². The molecular weight excluding hydrogens is 182 g/mol.